The Labute approximate surface area is 150 Å². The van der Waals surface area contributed by atoms with Crippen molar-refractivity contribution in [3.05, 3.63) is 59.9 Å². The molecule has 1 atom stereocenters. The zero-order chi connectivity index (χ0) is 18.7. The number of carbonyl (C=O) groups is 1. The lowest BCUT2D eigenvalue weighted by Gasteiger charge is -2.10. The Bertz CT molecular complexity index is 949. The molecule has 1 amide bonds. The van der Waals surface area contributed by atoms with Crippen LogP contribution in [0.5, 0.6) is 0 Å². The summed E-state index contributed by atoms with van der Waals surface area (Å²) in [7, 11) is 0. The SMILES string of the molecule is C[C@H](Sc1nnc(-c2ccccc2F)o1)C(=O)Nc1ccc(F)cc1F. The molecule has 0 saturated carbocycles. The monoisotopic (exact) mass is 379 g/mol. The van der Waals surface area contributed by atoms with E-state index in [-0.39, 0.29) is 22.4 Å². The van der Waals surface area contributed by atoms with Gasteiger partial charge in [-0.15, -0.1) is 10.2 Å². The average Bonchev–Trinajstić information content (AvgIpc) is 3.06. The largest absolute Gasteiger partial charge is 0.411 e. The molecule has 0 aliphatic rings. The van der Waals surface area contributed by atoms with E-state index < -0.39 is 28.6 Å². The van der Waals surface area contributed by atoms with Crippen LogP contribution in [0.4, 0.5) is 18.9 Å². The van der Waals surface area contributed by atoms with E-state index in [4.69, 9.17) is 4.42 Å². The van der Waals surface area contributed by atoms with Crippen LogP contribution in [0, 0.1) is 17.5 Å². The third-order valence-corrected chi connectivity index (χ3v) is 4.28. The van der Waals surface area contributed by atoms with Crippen LogP contribution >= 0.6 is 11.8 Å². The van der Waals surface area contributed by atoms with Crippen LogP contribution in [0.25, 0.3) is 11.5 Å². The topological polar surface area (TPSA) is 68.0 Å². The maximum absolute atomic E-state index is 13.7. The molecule has 1 N–H and O–H groups in total. The Morgan fingerprint density at radius 1 is 1.12 bits per heavy atom. The van der Waals surface area contributed by atoms with Gasteiger partial charge in [0.25, 0.3) is 11.1 Å². The number of nitrogens with zero attached hydrogens (tertiary/aromatic N) is 2. The minimum Gasteiger partial charge on any atom is -0.411 e. The highest BCUT2D eigenvalue weighted by atomic mass is 32.2. The lowest BCUT2D eigenvalue weighted by Crippen LogP contribution is -2.23. The molecule has 0 spiro atoms. The second kappa shape index (κ2) is 7.61. The molecule has 5 nitrogen and oxygen atoms in total. The van der Waals surface area contributed by atoms with Gasteiger partial charge in [0, 0.05) is 6.07 Å². The number of anilines is 1. The third-order valence-electron chi connectivity index (χ3n) is 3.35. The summed E-state index contributed by atoms with van der Waals surface area (Å²) >= 11 is 0.930. The smallest absolute Gasteiger partial charge is 0.277 e. The van der Waals surface area contributed by atoms with Gasteiger partial charge in [0.2, 0.25) is 5.91 Å². The second-order valence-corrected chi connectivity index (χ2v) is 6.52. The van der Waals surface area contributed by atoms with Crippen molar-refractivity contribution in [2.75, 3.05) is 5.32 Å². The van der Waals surface area contributed by atoms with Gasteiger partial charge in [-0.2, -0.15) is 0 Å². The molecule has 0 fully saturated rings. The van der Waals surface area contributed by atoms with Crippen molar-refractivity contribution in [3.8, 4) is 11.5 Å². The fraction of sp³-hybridized carbons (Fsp3) is 0.118. The molecular formula is C17H12F3N3O2S. The Hall–Kier alpha value is -2.81. The van der Waals surface area contributed by atoms with Crippen LogP contribution in [0.15, 0.2) is 52.1 Å². The molecule has 3 rings (SSSR count). The number of benzene rings is 2. The van der Waals surface area contributed by atoms with Crippen LogP contribution in [0.3, 0.4) is 0 Å². The first-order valence-corrected chi connectivity index (χ1v) is 8.33. The number of carbonyl (C=O) groups excluding carboxylic acids is 1. The Morgan fingerprint density at radius 2 is 1.88 bits per heavy atom. The maximum Gasteiger partial charge on any atom is 0.277 e. The normalized spacial score (nSPS) is 12.0. The summed E-state index contributed by atoms with van der Waals surface area (Å²) < 4.78 is 45.6. The van der Waals surface area contributed by atoms with Crippen molar-refractivity contribution in [1.82, 2.24) is 10.2 Å². The highest BCUT2D eigenvalue weighted by Gasteiger charge is 2.20. The van der Waals surface area contributed by atoms with Gasteiger partial charge in [-0.1, -0.05) is 23.9 Å². The summed E-state index contributed by atoms with van der Waals surface area (Å²) in [4.78, 5) is 12.1. The number of hydrogen-bond acceptors (Lipinski definition) is 5. The van der Waals surface area contributed by atoms with Crippen LogP contribution in [0.1, 0.15) is 6.92 Å². The predicted molar refractivity (Wildman–Crippen MR) is 90.0 cm³/mol. The second-order valence-electron chi connectivity index (χ2n) is 5.23. The number of nitrogens with one attached hydrogen (secondary N) is 1. The Kier molecular flexibility index (Phi) is 5.27. The maximum atomic E-state index is 13.7. The fourth-order valence-electron chi connectivity index (χ4n) is 2.03. The van der Waals surface area contributed by atoms with E-state index in [1.165, 1.54) is 18.2 Å². The van der Waals surface area contributed by atoms with Crippen molar-refractivity contribution < 1.29 is 22.4 Å². The van der Waals surface area contributed by atoms with Gasteiger partial charge in [-0.3, -0.25) is 4.79 Å². The molecule has 0 unspecified atom stereocenters. The lowest BCUT2D eigenvalue weighted by atomic mass is 10.2. The molecule has 1 aromatic heterocycles. The van der Waals surface area contributed by atoms with Gasteiger partial charge in [-0.25, -0.2) is 13.2 Å². The molecule has 9 heteroatoms. The number of hydrogen-bond donors (Lipinski definition) is 1. The van der Waals surface area contributed by atoms with E-state index in [0.717, 1.165) is 23.9 Å². The van der Waals surface area contributed by atoms with E-state index in [1.54, 1.807) is 13.0 Å². The minimum atomic E-state index is -0.879. The number of rotatable bonds is 5. The van der Waals surface area contributed by atoms with Crippen LogP contribution < -0.4 is 5.32 Å². The van der Waals surface area contributed by atoms with Crippen LogP contribution in [0.2, 0.25) is 0 Å². The molecule has 1 heterocycles. The van der Waals surface area contributed by atoms with E-state index >= 15 is 0 Å². The Morgan fingerprint density at radius 3 is 2.62 bits per heavy atom. The van der Waals surface area contributed by atoms with Crippen LogP contribution in [-0.2, 0) is 4.79 Å². The average molecular weight is 379 g/mol. The van der Waals surface area contributed by atoms with Gasteiger partial charge in [-0.05, 0) is 31.2 Å². The van der Waals surface area contributed by atoms with Crippen LogP contribution in [-0.4, -0.2) is 21.4 Å². The quantitative estimate of drug-likeness (QED) is 0.671. The van der Waals surface area contributed by atoms with E-state index in [9.17, 15) is 18.0 Å². The molecule has 0 aliphatic heterocycles. The molecule has 3 aromatic rings. The van der Waals surface area contributed by atoms with Gasteiger partial charge < -0.3 is 9.73 Å². The first-order chi connectivity index (χ1) is 12.4. The highest BCUT2D eigenvalue weighted by Crippen LogP contribution is 2.28. The first-order valence-electron chi connectivity index (χ1n) is 7.45. The first kappa shape index (κ1) is 18.0. The standard InChI is InChI=1S/C17H12F3N3O2S/c1-9(15(24)21-14-7-6-10(18)8-13(14)20)26-17-23-22-16(25-17)11-4-2-3-5-12(11)19/h2-9H,1H3,(H,21,24)/t9-/m0/s1. The van der Waals surface area contributed by atoms with Gasteiger partial charge in [0.05, 0.1) is 16.5 Å². The summed E-state index contributed by atoms with van der Waals surface area (Å²) in [6.45, 7) is 1.55. The minimum absolute atomic E-state index is 0.0113. The molecule has 0 bridgehead atoms. The summed E-state index contributed by atoms with van der Waals surface area (Å²) in [6.07, 6.45) is 0. The number of aromatic nitrogens is 2. The third kappa shape index (κ3) is 4.05. The molecular weight excluding hydrogens is 367 g/mol. The molecule has 0 saturated heterocycles. The number of thioether (sulfide) groups is 1. The summed E-state index contributed by atoms with van der Waals surface area (Å²) in [5, 5.41) is 9.22. The molecule has 0 radical (unpaired) electrons. The van der Waals surface area contributed by atoms with Gasteiger partial charge in [0.1, 0.15) is 17.5 Å². The fourth-order valence-corrected chi connectivity index (χ4v) is 2.71. The van der Waals surface area contributed by atoms with Crippen molar-refractivity contribution in [3.63, 3.8) is 0 Å². The Balaban J connectivity index is 1.67. The molecule has 26 heavy (non-hydrogen) atoms. The van der Waals surface area contributed by atoms with Crippen molar-refractivity contribution >= 4 is 23.4 Å². The van der Waals surface area contributed by atoms with Gasteiger partial charge >= 0.3 is 0 Å². The zero-order valence-electron chi connectivity index (χ0n) is 13.4. The molecule has 134 valence electrons. The van der Waals surface area contributed by atoms with E-state index in [0.29, 0.717) is 6.07 Å². The molecule has 2 aromatic carbocycles. The molecule has 0 aliphatic carbocycles. The summed E-state index contributed by atoms with van der Waals surface area (Å²) in [5.41, 5.74) is 0.0127. The van der Waals surface area contributed by atoms with Gasteiger partial charge in [0.15, 0.2) is 0 Å². The van der Waals surface area contributed by atoms with Crippen molar-refractivity contribution in [1.29, 1.82) is 0 Å². The zero-order valence-corrected chi connectivity index (χ0v) is 14.2. The summed E-state index contributed by atoms with van der Waals surface area (Å²) in [6, 6.07) is 8.75. The van der Waals surface area contributed by atoms with E-state index in [2.05, 4.69) is 15.5 Å². The summed E-state index contributed by atoms with van der Waals surface area (Å²) in [5.74, 6) is -2.68. The highest BCUT2D eigenvalue weighted by molar-refractivity contribution is 8.00. The van der Waals surface area contributed by atoms with E-state index in [1.807, 2.05) is 0 Å². The van der Waals surface area contributed by atoms with Crippen molar-refractivity contribution in [2.45, 2.75) is 17.4 Å². The van der Waals surface area contributed by atoms with Crippen molar-refractivity contribution in [2.24, 2.45) is 0 Å². The number of halogens is 3. The number of amides is 1. The predicted octanol–water partition coefficient (Wildman–Crippen LogP) is 4.27. The lowest BCUT2D eigenvalue weighted by molar-refractivity contribution is -0.115.